The number of nitrogens with zero attached hydrogens (tertiary/aromatic N) is 1. The van der Waals surface area contributed by atoms with Gasteiger partial charge in [0.15, 0.2) is 11.8 Å². The third-order valence-electron chi connectivity index (χ3n) is 2.42. The highest BCUT2D eigenvalue weighted by Crippen LogP contribution is 2.27. The van der Waals surface area contributed by atoms with E-state index in [0.717, 1.165) is 5.56 Å². The van der Waals surface area contributed by atoms with Gasteiger partial charge in [-0.25, -0.2) is 9.18 Å². The first kappa shape index (κ1) is 11.6. The van der Waals surface area contributed by atoms with E-state index in [9.17, 15) is 9.18 Å². The van der Waals surface area contributed by atoms with Crippen LogP contribution in [-0.2, 0) is 14.4 Å². The third-order valence-corrected chi connectivity index (χ3v) is 2.42. The summed E-state index contributed by atoms with van der Waals surface area (Å²) in [5.41, 5.74) is 1.05. The Morgan fingerprint density at radius 2 is 2.24 bits per heavy atom. The Balaban J connectivity index is 2.00. The molecule has 0 aliphatic carbocycles. The van der Waals surface area contributed by atoms with Crippen molar-refractivity contribution in [3.05, 3.63) is 35.6 Å². The lowest BCUT2D eigenvalue weighted by molar-refractivity contribution is -0.135. The van der Waals surface area contributed by atoms with Crippen LogP contribution in [-0.4, -0.2) is 18.3 Å². The minimum atomic E-state index is -0.461. The first-order valence-corrected chi connectivity index (χ1v) is 5.36. The smallest absolute Gasteiger partial charge is 0.356 e. The van der Waals surface area contributed by atoms with Gasteiger partial charge in [-0.15, -0.1) is 0 Å². The van der Waals surface area contributed by atoms with Crippen LogP contribution >= 0.6 is 0 Å². The molecule has 0 N–H and O–H groups in total. The van der Waals surface area contributed by atoms with Crippen LogP contribution in [0.2, 0.25) is 0 Å². The molecule has 0 bridgehead atoms. The molecule has 0 fully saturated rings. The summed E-state index contributed by atoms with van der Waals surface area (Å²) < 4.78 is 17.6. The largest absolute Gasteiger partial charge is 0.461 e. The minimum Gasteiger partial charge on any atom is -0.461 e. The second kappa shape index (κ2) is 4.95. The Kier molecular flexibility index (Phi) is 3.37. The number of hydrogen-bond acceptors (Lipinski definition) is 4. The Labute approximate surface area is 98.0 Å². The lowest BCUT2D eigenvalue weighted by atomic mass is 10.0. The summed E-state index contributed by atoms with van der Waals surface area (Å²) in [6.07, 6.45) is 0.0137. The predicted molar refractivity (Wildman–Crippen MR) is 58.9 cm³/mol. The van der Waals surface area contributed by atoms with Crippen molar-refractivity contribution in [2.75, 3.05) is 6.61 Å². The van der Waals surface area contributed by atoms with E-state index in [1.54, 1.807) is 19.1 Å². The van der Waals surface area contributed by atoms with E-state index < -0.39 is 5.97 Å². The zero-order valence-electron chi connectivity index (χ0n) is 9.35. The monoisotopic (exact) mass is 237 g/mol. The molecular weight excluding hydrogens is 225 g/mol. The summed E-state index contributed by atoms with van der Waals surface area (Å²) in [6, 6.07) is 5.93. The molecule has 1 atom stereocenters. The van der Waals surface area contributed by atoms with Crippen LogP contribution in [0.4, 0.5) is 4.39 Å². The second-order valence-electron chi connectivity index (χ2n) is 3.61. The highest BCUT2D eigenvalue weighted by atomic mass is 19.1. The van der Waals surface area contributed by atoms with Gasteiger partial charge in [0.1, 0.15) is 5.82 Å². The molecule has 1 aliphatic rings. The fourth-order valence-corrected chi connectivity index (χ4v) is 1.57. The summed E-state index contributed by atoms with van der Waals surface area (Å²) in [5.74, 6) is -0.768. The number of rotatable bonds is 3. The van der Waals surface area contributed by atoms with E-state index in [1.165, 1.54) is 12.1 Å². The fraction of sp³-hybridized carbons (Fsp3) is 0.333. The number of halogens is 1. The van der Waals surface area contributed by atoms with Crippen molar-refractivity contribution in [2.45, 2.75) is 19.4 Å². The van der Waals surface area contributed by atoms with Crippen molar-refractivity contribution < 1.29 is 18.8 Å². The number of oxime groups is 1. The molecule has 5 heteroatoms. The molecule has 0 saturated carbocycles. The minimum absolute atomic E-state index is 0.265. The van der Waals surface area contributed by atoms with E-state index in [4.69, 9.17) is 9.57 Å². The van der Waals surface area contributed by atoms with Gasteiger partial charge in [0, 0.05) is 6.42 Å². The fourth-order valence-electron chi connectivity index (χ4n) is 1.57. The number of carbonyl (C=O) groups excluding carboxylic acids is 1. The zero-order chi connectivity index (χ0) is 12.3. The molecule has 4 nitrogen and oxygen atoms in total. The number of ether oxygens (including phenoxy) is 1. The summed E-state index contributed by atoms with van der Waals surface area (Å²) >= 11 is 0. The van der Waals surface area contributed by atoms with Crippen LogP contribution in [0.15, 0.2) is 29.4 Å². The number of esters is 1. The zero-order valence-corrected chi connectivity index (χ0v) is 9.35. The summed E-state index contributed by atoms with van der Waals surface area (Å²) in [7, 11) is 0. The summed E-state index contributed by atoms with van der Waals surface area (Å²) in [4.78, 5) is 16.5. The maximum atomic E-state index is 12.7. The van der Waals surface area contributed by atoms with Crippen molar-refractivity contribution in [2.24, 2.45) is 5.16 Å². The van der Waals surface area contributed by atoms with Crippen LogP contribution in [0.3, 0.4) is 0 Å². The van der Waals surface area contributed by atoms with Crippen LogP contribution < -0.4 is 0 Å². The quantitative estimate of drug-likeness (QED) is 0.757. The Hall–Kier alpha value is -1.91. The SMILES string of the molecule is CCOC(=O)C1=NOC(c2ccc(F)cc2)C1. The topological polar surface area (TPSA) is 47.9 Å². The maximum absolute atomic E-state index is 12.7. The lowest BCUT2D eigenvalue weighted by Crippen LogP contribution is -2.16. The molecule has 1 aliphatic heterocycles. The molecule has 17 heavy (non-hydrogen) atoms. The molecule has 1 unspecified atom stereocenters. The molecule has 1 heterocycles. The van der Waals surface area contributed by atoms with E-state index in [-0.39, 0.29) is 17.6 Å². The molecule has 0 spiro atoms. The second-order valence-corrected chi connectivity index (χ2v) is 3.61. The van der Waals surface area contributed by atoms with E-state index >= 15 is 0 Å². The molecular formula is C12H12FNO3. The average Bonchev–Trinajstić information content (AvgIpc) is 2.80. The van der Waals surface area contributed by atoms with Crippen molar-refractivity contribution in [1.29, 1.82) is 0 Å². The molecule has 1 aromatic carbocycles. The maximum Gasteiger partial charge on any atom is 0.356 e. The van der Waals surface area contributed by atoms with Crippen molar-refractivity contribution in [3.63, 3.8) is 0 Å². The number of carbonyl (C=O) groups is 1. The van der Waals surface area contributed by atoms with Gasteiger partial charge in [-0.05, 0) is 24.6 Å². The lowest BCUT2D eigenvalue weighted by Gasteiger charge is -2.07. The van der Waals surface area contributed by atoms with Crippen LogP contribution in [0.25, 0.3) is 0 Å². The van der Waals surface area contributed by atoms with E-state index in [1.807, 2.05) is 0 Å². The number of hydrogen-bond donors (Lipinski definition) is 0. The number of benzene rings is 1. The third kappa shape index (κ3) is 2.61. The normalized spacial score (nSPS) is 18.5. The van der Waals surface area contributed by atoms with Gasteiger partial charge in [0.2, 0.25) is 0 Å². The standard InChI is InChI=1S/C12H12FNO3/c1-2-16-12(15)10-7-11(17-14-10)8-3-5-9(13)6-4-8/h3-6,11H,2,7H2,1H3. The molecule has 0 amide bonds. The van der Waals surface area contributed by atoms with Gasteiger partial charge in [-0.3, -0.25) is 0 Å². The van der Waals surface area contributed by atoms with Gasteiger partial charge in [-0.1, -0.05) is 17.3 Å². The molecule has 90 valence electrons. The van der Waals surface area contributed by atoms with Gasteiger partial charge in [0.25, 0.3) is 0 Å². The first-order valence-electron chi connectivity index (χ1n) is 5.36. The van der Waals surface area contributed by atoms with E-state index in [0.29, 0.717) is 13.0 Å². The van der Waals surface area contributed by atoms with Gasteiger partial charge >= 0.3 is 5.97 Å². The average molecular weight is 237 g/mol. The molecule has 0 aromatic heterocycles. The Morgan fingerprint density at radius 1 is 1.53 bits per heavy atom. The van der Waals surface area contributed by atoms with Gasteiger partial charge < -0.3 is 9.57 Å². The molecule has 0 saturated heterocycles. The first-order chi connectivity index (χ1) is 8.20. The Morgan fingerprint density at radius 3 is 2.88 bits per heavy atom. The van der Waals surface area contributed by atoms with Crippen molar-refractivity contribution >= 4 is 11.7 Å². The van der Waals surface area contributed by atoms with Crippen molar-refractivity contribution in [1.82, 2.24) is 0 Å². The van der Waals surface area contributed by atoms with Crippen LogP contribution in [0, 0.1) is 5.82 Å². The van der Waals surface area contributed by atoms with Crippen LogP contribution in [0.5, 0.6) is 0 Å². The predicted octanol–water partition coefficient (Wildman–Crippen LogP) is 2.21. The summed E-state index contributed by atoms with van der Waals surface area (Å²) in [6.45, 7) is 2.03. The van der Waals surface area contributed by atoms with Crippen LogP contribution in [0.1, 0.15) is 25.0 Å². The highest BCUT2D eigenvalue weighted by molar-refractivity contribution is 6.36. The summed E-state index contributed by atoms with van der Waals surface area (Å²) in [5, 5.41) is 3.68. The van der Waals surface area contributed by atoms with Gasteiger partial charge in [-0.2, -0.15) is 0 Å². The van der Waals surface area contributed by atoms with Crippen molar-refractivity contribution in [3.8, 4) is 0 Å². The molecule has 1 aromatic rings. The highest BCUT2D eigenvalue weighted by Gasteiger charge is 2.28. The van der Waals surface area contributed by atoms with E-state index in [2.05, 4.69) is 5.16 Å². The Bertz CT molecular complexity index is 442. The molecule has 2 rings (SSSR count). The van der Waals surface area contributed by atoms with Gasteiger partial charge in [0.05, 0.1) is 6.61 Å². The molecule has 0 radical (unpaired) electrons.